The van der Waals surface area contributed by atoms with Crippen LogP contribution >= 0.6 is 11.3 Å². The van der Waals surface area contributed by atoms with Crippen LogP contribution in [0, 0.1) is 5.92 Å². The van der Waals surface area contributed by atoms with Gasteiger partial charge in [-0.15, -0.1) is 11.3 Å². The number of likely N-dealkylation sites (tertiary alicyclic amines) is 1. The van der Waals surface area contributed by atoms with Gasteiger partial charge in [-0.3, -0.25) is 9.59 Å². The van der Waals surface area contributed by atoms with E-state index in [9.17, 15) is 9.59 Å². The number of unbranched alkanes of at least 4 members (excludes halogenated alkanes) is 1. The van der Waals surface area contributed by atoms with E-state index in [-0.39, 0.29) is 17.7 Å². The second-order valence-electron chi connectivity index (χ2n) is 7.45. The SMILES string of the molecule is CCCCOc1ccc(CCNC(=O)C2CCCN(C(=O)c3cccs3)C2)cc1. The second kappa shape index (κ2) is 11.0. The minimum absolute atomic E-state index is 0.0405. The van der Waals surface area contributed by atoms with Crippen molar-refractivity contribution in [2.75, 3.05) is 26.2 Å². The van der Waals surface area contributed by atoms with Gasteiger partial charge in [0.25, 0.3) is 5.91 Å². The molecule has 0 saturated carbocycles. The molecular weight excluding hydrogens is 384 g/mol. The Kier molecular flexibility index (Phi) is 8.11. The first kappa shape index (κ1) is 21.4. The first-order chi connectivity index (χ1) is 14.2. The van der Waals surface area contributed by atoms with Crippen LogP contribution in [0.15, 0.2) is 41.8 Å². The van der Waals surface area contributed by atoms with Gasteiger partial charge in [-0.1, -0.05) is 31.5 Å². The molecule has 1 fully saturated rings. The molecule has 0 spiro atoms. The van der Waals surface area contributed by atoms with Crippen molar-refractivity contribution < 1.29 is 14.3 Å². The molecule has 1 unspecified atom stereocenters. The summed E-state index contributed by atoms with van der Waals surface area (Å²) in [4.78, 5) is 27.7. The number of nitrogens with one attached hydrogen (secondary N) is 1. The van der Waals surface area contributed by atoms with Gasteiger partial charge in [-0.2, -0.15) is 0 Å². The lowest BCUT2D eigenvalue weighted by Gasteiger charge is -2.31. The van der Waals surface area contributed by atoms with Crippen LogP contribution < -0.4 is 10.1 Å². The molecule has 1 N–H and O–H groups in total. The van der Waals surface area contributed by atoms with Crippen LogP contribution in [0.2, 0.25) is 0 Å². The van der Waals surface area contributed by atoms with Crippen molar-refractivity contribution >= 4 is 23.2 Å². The Morgan fingerprint density at radius 2 is 2.07 bits per heavy atom. The summed E-state index contributed by atoms with van der Waals surface area (Å²) in [5.41, 5.74) is 1.17. The van der Waals surface area contributed by atoms with Crippen molar-refractivity contribution in [3.63, 3.8) is 0 Å². The summed E-state index contributed by atoms with van der Waals surface area (Å²) >= 11 is 1.45. The normalized spacial score (nSPS) is 16.4. The first-order valence-corrected chi connectivity index (χ1v) is 11.4. The van der Waals surface area contributed by atoms with Crippen molar-refractivity contribution in [3.05, 3.63) is 52.2 Å². The van der Waals surface area contributed by atoms with E-state index in [0.29, 0.717) is 13.1 Å². The van der Waals surface area contributed by atoms with E-state index in [2.05, 4.69) is 24.4 Å². The molecule has 0 radical (unpaired) electrons. The Morgan fingerprint density at radius 1 is 1.24 bits per heavy atom. The number of carbonyl (C=O) groups excluding carboxylic acids is 2. The van der Waals surface area contributed by atoms with Gasteiger partial charge in [0.15, 0.2) is 0 Å². The third-order valence-electron chi connectivity index (χ3n) is 5.21. The minimum Gasteiger partial charge on any atom is -0.494 e. The van der Waals surface area contributed by atoms with Gasteiger partial charge < -0.3 is 15.0 Å². The Balaban J connectivity index is 1.41. The van der Waals surface area contributed by atoms with Crippen molar-refractivity contribution in [2.45, 2.75) is 39.0 Å². The van der Waals surface area contributed by atoms with Crippen molar-refractivity contribution in [1.82, 2.24) is 10.2 Å². The van der Waals surface area contributed by atoms with Gasteiger partial charge in [-0.25, -0.2) is 0 Å². The van der Waals surface area contributed by atoms with E-state index in [1.54, 1.807) is 0 Å². The minimum atomic E-state index is -0.123. The molecule has 1 aromatic heterocycles. The number of carbonyl (C=O) groups is 2. The number of rotatable bonds is 9. The zero-order valence-corrected chi connectivity index (χ0v) is 17.9. The molecule has 156 valence electrons. The zero-order chi connectivity index (χ0) is 20.5. The lowest BCUT2D eigenvalue weighted by atomic mass is 9.97. The average Bonchev–Trinajstić information content (AvgIpc) is 3.29. The summed E-state index contributed by atoms with van der Waals surface area (Å²) in [6.07, 6.45) is 4.67. The van der Waals surface area contributed by atoms with Crippen LogP contribution in [-0.4, -0.2) is 43.0 Å². The molecule has 0 bridgehead atoms. The third-order valence-corrected chi connectivity index (χ3v) is 6.07. The van der Waals surface area contributed by atoms with E-state index in [4.69, 9.17) is 4.74 Å². The molecule has 0 aliphatic carbocycles. The predicted molar refractivity (Wildman–Crippen MR) is 117 cm³/mol. The number of thiophene rings is 1. The second-order valence-corrected chi connectivity index (χ2v) is 8.40. The highest BCUT2D eigenvalue weighted by Gasteiger charge is 2.29. The fourth-order valence-electron chi connectivity index (χ4n) is 3.49. The Labute approximate surface area is 177 Å². The van der Waals surface area contributed by atoms with Crippen molar-refractivity contribution in [2.24, 2.45) is 5.92 Å². The molecular formula is C23H30N2O3S. The quantitative estimate of drug-likeness (QED) is 0.628. The number of hydrogen-bond donors (Lipinski definition) is 1. The number of benzene rings is 1. The third kappa shape index (κ3) is 6.32. The molecule has 1 aliphatic heterocycles. The predicted octanol–water partition coefficient (Wildman–Crippen LogP) is 4.14. The molecule has 1 aromatic carbocycles. The van der Waals surface area contributed by atoms with E-state index < -0.39 is 0 Å². The Bertz CT molecular complexity index is 774. The summed E-state index contributed by atoms with van der Waals surface area (Å²) < 4.78 is 5.68. The van der Waals surface area contributed by atoms with Crippen molar-refractivity contribution in [3.8, 4) is 5.75 Å². The zero-order valence-electron chi connectivity index (χ0n) is 17.1. The monoisotopic (exact) mass is 414 g/mol. The maximum Gasteiger partial charge on any atom is 0.263 e. The van der Waals surface area contributed by atoms with Gasteiger partial charge in [-0.05, 0) is 54.8 Å². The summed E-state index contributed by atoms with van der Waals surface area (Å²) in [5, 5.41) is 4.95. The van der Waals surface area contributed by atoms with E-state index in [1.165, 1.54) is 16.9 Å². The van der Waals surface area contributed by atoms with E-state index >= 15 is 0 Å². The molecule has 1 atom stereocenters. The molecule has 2 amide bonds. The van der Waals surface area contributed by atoms with E-state index in [1.807, 2.05) is 34.5 Å². The highest BCUT2D eigenvalue weighted by molar-refractivity contribution is 7.12. The number of nitrogens with zero attached hydrogens (tertiary/aromatic N) is 1. The fraction of sp³-hybridized carbons (Fsp3) is 0.478. The van der Waals surface area contributed by atoms with Gasteiger partial charge >= 0.3 is 0 Å². The first-order valence-electron chi connectivity index (χ1n) is 10.5. The maximum absolute atomic E-state index is 12.6. The molecule has 1 aliphatic rings. The molecule has 3 rings (SSSR count). The van der Waals surface area contributed by atoms with Crippen LogP contribution in [0.5, 0.6) is 5.75 Å². The van der Waals surface area contributed by atoms with Gasteiger partial charge in [0.2, 0.25) is 5.91 Å². The van der Waals surface area contributed by atoms with Gasteiger partial charge in [0.05, 0.1) is 17.4 Å². The van der Waals surface area contributed by atoms with Crippen LogP contribution in [0.4, 0.5) is 0 Å². The summed E-state index contributed by atoms with van der Waals surface area (Å²) in [6, 6.07) is 11.8. The topological polar surface area (TPSA) is 58.6 Å². The summed E-state index contributed by atoms with van der Waals surface area (Å²) in [7, 11) is 0. The molecule has 29 heavy (non-hydrogen) atoms. The fourth-order valence-corrected chi connectivity index (χ4v) is 4.18. The molecule has 5 nitrogen and oxygen atoms in total. The van der Waals surface area contributed by atoms with Crippen LogP contribution in [-0.2, 0) is 11.2 Å². The average molecular weight is 415 g/mol. The summed E-state index contributed by atoms with van der Waals surface area (Å²) in [6.45, 7) is 4.73. The number of ether oxygens (including phenoxy) is 1. The van der Waals surface area contributed by atoms with Crippen molar-refractivity contribution in [1.29, 1.82) is 0 Å². The maximum atomic E-state index is 12.6. The molecule has 2 aromatic rings. The lowest BCUT2D eigenvalue weighted by Crippen LogP contribution is -2.45. The largest absolute Gasteiger partial charge is 0.494 e. The molecule has 2 heterocycles. The van der Waals surface area contributed by atoms with Crippen LogP contribution in [0.1, 0.15) is 47.8 Å². The lowest BCUT2D eigenvalue weighted by molar-refractivity contribution is -0.126. The van der Waals surface area contributed by atoms with Gasteiger partial charge in [0, 0.05) is 19.6 Å². The van der Waals surface area contributed by atoms with Gasteiger partial charge in [0.1, 0.15) is 5.75 Å². The smallest absolute Gasteiger partial charge is 0.263 e. The molecule has 6 heteroatoms. The van der Waals surface area contributed by atoms with Crippen LogP contribution in [0.3, 0.4) is 0 Å². The molecule has 1 saturated heterocycles. The Morgan fingerprint density at radius 3 is 2.79 bits per heavy atom. The van der Waals surface area contributed by atoms with Crippen LogP contribution in [0.25, 0.3) is 0 Å². The number of piperidine rings is 1. The standard InChI is InChI=1S/C23H30N2O3S/c1-2-3-15-28-20-10-8-18(9-11-20)12-13-24-22(26)19-6-4-14-25(17-19)23(27)21-7-5-16-29-21/h5,7-11,16,19H,2-4,6,12-15,17H2,1H3,(H,24,26). The number of hydrogen-bond acceptors (Lipinski definition) is 4. The summed E-state index contributed by atoms with van der Waals surface area (Å²) in [5.74, 6) is 0.859. The highest BCUT2D eigenvalue weighted by Crippen LogP contribution is 2.21. The highest BCUT2D eigenvalue weighted by atomic mass is 32.1. The number of amides is 2. The Hall–Kier alpha value is -2.34. The van der Waals surface area contributed by atoms with E-state index in [0.717, 1.165) is 55.9 Å².